The molecule has 1 saturated heterocycles. The van der Waals surface area contributed by atoms with E-state index in [1.807, 2.05) is 126 Å². The minimum Gasteiger partial charge on any atom is -0.392 e. The molecule has 4 aliphatic heterocycles. The monoisotopic (exact) mass is 1840 g/mol. The molecule has 1 fully saturated rings. The van der Waals surface area contributed by atoms with Gasteiger partial charge in [0.15, 0.2) is 0 Å². The normalized spacial score (nSPS) is 18.4. The number of fused-ring (bicyclic) bond motifs is 16. The highest BCUT2D eigenvalue weighted by Crippen LogP contribution is 2.48. The molecule has 0 radical (unpaired) electrons. The number of aliphatic hydroxyl groups excluding tert-OH is 8. The van der Waals surface area contributed by atoms with Crippen molar-refractivity contribution in [1.82, 2.24) is 20.4 Å². The summed E-state index contributed by atoms with van der Waals surface area (Å²) in [5.41, 5.74) is 32.4. The Bertz CT molecular complexity index is 5020. The van der Waals surface area contributed by atoms with E-state index in [2.05, 4.69) is 164 Å². The molecule has 0 spiro atoms. The quantitative estimate of drug-likeness (QED) is 0.0457. The molecule has 2 amide bonds. The summed E-state index contributed by atoms with van der Waals surface area (Å²) in [6, 6.07) is 64.9. The van der Waals surface area contributed by atoms with Crippen LogP contribution in [0.5, 0.6) is 0 Å². The van der Waals surface area contributed by atoms with Crippen molar-refractivity contribution in [3.63, 3.8) is 0 Å². The molecule has 0 unspecified atom stereocenters. The maximum absolute atomic E-state index is 13.6. The second-order valence-electron chi connectivity index (χ2n) is 32.0. The molecule has 20 heteroatoms. The van der Waals surface area contributed by atoms with Crippen LogP contribution in [-0.4, -0.2) is 97.0 Å². The first kappa shape index (κ1) is 89.7. The van der Waals surface area contributed by atoms with Crippen LogP contribution < -0.4 is 10.6 Å². The van der Waals surface area contributed by atoms with E-state index in [-0.39, 0.29) is 96.8 Å². The van der Waals surface area contributed by atoms with E-state index in [1.165, 1.54) is 79.6 Å². The molecule has 0 aromatic heterocycles. The van der Waals surface area contributed by atoms with Crippen LogP contribution in [0.15, 0.2) is 194 Å². The third-order valence-corrected chi connectivity index (χ3v) is 24.4. The number of benzene rings is 10. The Hall–Kier alpha value is -7.58. The number of allylic oxidation sites excluding steroid dienone is 1. The van der Waals surface area contributed by atoms with E-state index in [4.69, 9.17) is 4.74 Å². The zero-order valence-electron chi connectivity index (χ0n) is 67.7. The first-order valence-corrected chi connectivity index (χ1v) is 43.8. The molecule has 18 rings (SSSR count). The number of carbonyl (C=O) groups is 2. The summed E-state index contributed by atoms with van der Waals surface area (Å²) < 4.78 is 5.22. The highest BCUT2D eigenvalue weighted by atomic mass is 79.9. The first-order chi connectivity index (χ1) is 56.8. The van der Waals surface area contributed by atoms with E-state index in [1.54, 1.807) is 0 Å². The van der Waals surface area contributed by atoms with Crippen molar-refractivity contribution in [3.8, 4) is 0 Å². The van der Waals surface area contributed by atoms with Crippen LogP contribution in [0.2, 0.25) is 0 Å². The van der Waals surface area contributed by atoms with Gasteiger partial charge in [-0.15, -0.1) is 64.3 Å². The molecule has 10 aromatic carbocycles. The molecular weight excluding hydrogens is 1740 g/mol. The number of aryl methyl sites for hydroxylation is 8. The first-order valence-electron chi connectivity index (χ1n) is 41.0. The molecule has 4 aliphatic carbocycles. The van der Waals surface area contributed by atoms with E-state index < -0.39 is 0 Å². The van der Waals surface area contributed by atoms with Gasteiger partial charge in [0.25, 0.3) is 11.8 Å². The number of aliphatic hydroxyl groups is 8. The van der Waals surface area contributed by atoms with Gasteiger partial charge in [0.05, 0.1) is 59.4 Å². The predicted octanol–water partition coefficient (Wildman–Crippen LogP) is 17.3. The summed E-state index contributed by atoms with van der Waals surface area (Å²) in [4.78, 5) is 31.0. The summed E-state index contributed by atoms with van der Waals surface area (Å²) in [5.74, 6) is 0.838. The van der Waals surface area contributed by atoms with Crippen LogP contribution in [0.1, 0.15) is 227 Å². The standard InChI is InChI=1S/2C27H27NO3.2C20H23NO2.C4H8O.BBr3.BrH/c1-17-7-9-22-24(11-17)26-23-13-21(16-30)20(15-29)12-19(23)8-10-25(26)28(27(22)31)14-18-5-3-2-4-6-18;1-19-7-9-21(10-8-19)27(31)28(16-20-5-3-2-4-6-20)26-12-11-22-13-24(17-29)25(18-30)14-23(22)15-26;2*1-12-2-3-14-9-21-19-5-4-13-7-15(10-22)16(11-23)8-18(13)20(19)17(14)6-12;1-2-4-5-3-1;2-1(3)4;/h2-7,9,11-13,25-26,29-30H,8,10,14-16H2,1H3;2-10,13-15,29-30H,11-12,16-18H2,1H3;2*2-3,6-8,19-23H,4-5,9-11H2,1H3;1-4H2;;1H/t25-,26+;;2*19-,20-;;;/m1.11.../s1. The van der Waals surface area contributed by atoms with Crippen molar-refractivity contribution in [2.75, 3.05) is 13.2 Å². The number of ether oxygens (including phenoxy) is 1. The molecule has 6 atom stereocenters. The zero-order valence-corrected chi connectivity index (χ0v) is 74.2. The highest BCUT2D eigenvalue weighted by molar-refractivity contribution is 9.69. The number of nitrogens with one attached hydrogen (secondary N) is 2. The van der Waals surface area contributed by atoms with Crippen LogP contribution in [-0.2, 0) is 109 Å². The lowest BCUT2D eigenvalue weighted by Crippen LogP contribution is -2.49. The highest BCUT2D eigenvalue weighted by Gasteiger charge is 2.44. The van der Waals surface area contributed by atoms with Gasteiger partial charge in [-0.1, -0.05) is 186 Å². The third kappa shape index (κ3) is 20.9. The Balaban J connectivity index is 0.000000140. The number of hydrogen-bond acceptors (Lipinski definition) is 13. The number of hydrogen-bond donors (Lipinski definition) is 10. The van der Waals surface area contributed by atoms with Crippen LogP contribution >= 0.6 is 64.3 Å². The fraction of sp³-hybridized carbons (Fsp3) is 0.347. The van der Waals surface area contributed by atoms with Gasteiger partial charge >= 0.3 is 3.18 Å². The van der Waals surface area contributed by atoms with Crippen LogP contribution in [0.25, 0.3) is 6.08 Å². The molecule has 4 heterocycles. The van der Waals surface area contributed by atoms with E-state index in [0.717, 1.165) is 172 Å². The molecule has 10 N–H and O–H groups in total. The number of rotatable bonds is 14. The van der Waals surface area contributed by atoms with Gasteiger partial charge in [-0.05, 0) is 250 Å². The summed E-state index contributed by atoms with van der Waals surface area (Å²) in [6.45, 7) is 12.9. The fourth-order valence-electron chi connectivity index (χ4n) is 18.4. The average molecular weight is 1850 g/mol. The fourth-order valence-corrected chi connectivity index (χ4v) is 18.4. The third-order valence-electron chi connectivity index (χ3n) is 24.4. The van der Waals surface area contributed by atoms with E-state index >= 15 is 0 Å². The average Bonchev–Trinajstić information content (AvgIpc) is 0.803. The minimum atomic E-state index is -0.123. The number of halogens is 4. The van der Waals surface area contributed by atoms with Crippen LogP contribution in [0.4, 0.5) is 0 Å². The van der Waals surface area contributed by atoms with Crippen molar-refractivity contribution < 1.29 is 55.2 Å². The zero-order chi connectivity index (χ0) is 82.4. The van der Waals surface area contributed by atoms with E-state index in [9.17, 15) is 50.4 Å². The van der Waals surface area contributed by atoms with Gasteiger partial charge in [-0.2, -0.15) is 0 Å². The Kier molecular flexibility index (Phi) is 32.1. The maximum atomic E-state index is 13.6. The Morgan fingerprint density at radius 1 is 0.441 bits per heavy atom. The molecule has 0 saturated carbocycles. The van der Waals surface area contributed by atoms with E-state index in [0.29, 0.717) is 42.6 Å². The molecule has 15 nitrogen and oxygen atoms in total. The van der Waals surface area contributed by atoms with Crippen molar-refractivity contribution in [2.45, 2.75) is 207 Å². The maximum Gasteiger partial charge on any atom is 0.369 e. The van der Waals surface area contributed by atoms with Gasteiger partial charge in [0.1, 0.15) is 0 Å². The largest absolute Gasteiger partial charge is 0.392 e. The smallest absolute Gasteiger partial charge is 0.369 e. The summed E-state index contributed by atoms with van der Waals surface area (Å²) in [5, 5.41) is 84.7. The minimum absolute atomic E-state index is 0. The Morgan fingerprint density at radius 3 is 1.30 bits per heavy atom. The molecular formula is C98H109BBr4N4O11. The van der Waals surface area contributed by atoms with Gasteiger partial charge in [-0.3, -0.25) is 9.59 Å². The molecule has 10 aromatic rings. The SMILES string of the molecule is Br.BrB(Br)Br.C1CCOC1.Cc1ccc(C(=O)N(Cc2ccccc2)C2=Cc3cc(CO)c(CO)cc3CC2)cc1.Cc1ccc2c(c1)[C@@H]1c3cc(CO)c(CO)cc3CC[C@H]1N(Cc1ccccc1)C2=O.Cc1ccc2c(c1)[C@@H]1c3cc(CO)c(CO)cc3CC[C@H]1NC2.Cc1ccc2c(c1)[C@@H]1c3cc(CO)c(CO)cc3CC[C@H]1NC2. The van der Waals surface area contributed by atoms with Gasteiger partial charge in [0.2, 0.25) is 0 Å². The van der Waals surface area contributed by atoms with Crippen LogP contribution in [0, 0.1) is 27.7 Å². The van der Waals surface area contributed by atoms with Gasteiger partial charge in [0, 0.05) is 85.6 Å². The lowest BCUT2D eigenvalue weighted by molar-refractivity contribution is 0.0586. The topological polar surface area (TPSA) is 236 Å². The van der Waals surface area contributed by atoms with Gasteiger partial charge in [-0.25, -0.2) is 0 Å². The summed E-state index contributed by atoms with van der Waals surface area (Å²) in [6.07, 6.45) is 12.2. The second-order valence-corrected chi connectivity index (χ2v) is 38.4. The Labute approximate surface area is 730 Å². The van der Waals surface area contributed by atoms with Crippen molar-refractivity contribution >= 4 is 85.3 Å². The predicted molar refractivity (Wildman–Crippen MR) is 485 cm³/mol. The Morgan fingerprint density at radius 2 is 0.839 bits per heavy atom. The summed E-state index contributed by atoms with van der Waals surface area (Å²) >= 11 is 9.31. The van der Waals surface area contributed by atoms with Crippen molar-refractivity contribution in [1.29, 1.82) is 0 Å². The van der Waals surface area contributed by atoms with Gasteiger partial charge < -0.3 is 66.0 Å². The summed E-state index contributed by atoms with van der Waals surface area (Å²) in [7, 11) is 0. The number of amides is 2. The lowest BCUT2D eigenvalue weighted by atomic mass is 9.70. The van der Waals surface area contributed by atoms with Crippen molar-refractivity contribution in [3.05, 3.63) is 355 Å². The lowest BCUT2D eigenvalue weighted by Gasteiger charge is -2.46. The molecule has 0 bridgehead atoms. The van der Waals surface area contributed by atoms with Crippen molar-refractivity contribution in [2.24, 2.45) is 0 Å². The molecule has 8 aliphatic rings. The number of nitrogens with zero attached hydrogens (tertiary/aromatic N) is 2. The molecule has 618 valence electrons. The molecule has 118 heavy (non-hydrogen) atoms. The van der Waals surface area contributed by atoms with Crippen LogP contribution in [0.3, 0.4) is 0 Å². The number of carbonyl (C=O) groups excluding carboxylic acids is 2. The second kappa shape index (κ2) is 42.3.